The van der Waals surface area contributed by atoms with Crippen LogP contribution in [0, 0.1) is 5.92 Å². The van der Waals surface area contributed by atoms with Crippen LogP contribution in [0.2, 0.25) is 0 Å². The summed E-state index contributed by atoms with van der Waals surface area (Å²) in [6, 6.07) is 7.30. The van der Waals surface area contributed by atoms with E-state index in [0.717, 1.165) is 6.54 Å². The van der Waals surface area contributed by atoms with E-state index in [-0.39, 0.29) is 11.2 Å². The molecule has 0 aliphatic heterocycles. The molecule has 8 heteroatoms. The molecule has 0 bridgehead atoms. The number of methoxy groups -OCH3 is 1. The Balaban J connectivity index is 2.02. The van der Waals surface area contributed by atoms with Crippen molar-refractivity contribution in [3.63, 3.8) is 0 Å². The zero-order chi connectivity index (χ0) is 16.8. The summed E-state index contributed by atoms with van der Waals surface area (Å²) in [6.07, 6.45) is 0. The Morgan fingerprint density at radius 2 is 2.09 bits per heavy atom. The first-order chi connectivity index (χ1) is 11.0. The second-order valence-electron chi connectivity index (χ2n) is 5.49. The maximum Gasteiger partial charge on any atom is 0.237 e. The molecule has 0 saturated carbocycles. The zero-order valence-corrected chi connectivity index (χ0v) is 14.5. The van der Waals surface area contributed by atoms with Crippen molar-refractivity contribution < 1.29 is 9.53 Å². The minimum absolute atomic E-state index is 0.126. The highest BCUT2D eigenvalue weighted by Gasteiger charge is 2.20. The fourth-order valence-corrected chi connectivity index (χ4v) is 2.73. The predicted octanol–water partition coefficient (Wildman–Crippen LogP) is 2.46. The lowest BCUT2D eigenvalue weighted by molar-refractivity contribution is -0.115. The van der Waals surface area contributed by atoms with Gasteiger partial charge in [0, 0.05) is 6.54 Å². The molecule has 7 nitrogen and oxygen atoms in total. The molecule has 2 rings (SSSR count). The van der Waals surface area contributed by atoms with Crippen molar-refractivity contribution in [2.24, 2.45) is 5.92 Å². The first-order valence-corrected chi connectivity index (χ1v) is 8.26. The van der Waals surface area contributed by atoms with Crippen LogP contribution in [0.4, 0.5) is 5.69 Å². The summed E-state index contributed by atoms with van der Waals surface area (Å²) in [5.41, 5.74) is 0.647. The van der Waals surface area contributed by atoms with Gasteiger partial charge in [-0.25, -0.2) is 4.68 Å². The molecule has 1 aromatic carbocycles. The molecular weight excluding hydrogens is 314 g/mol. The predicted molar refractivity (Wildman–Crippen MR) is 89.6 cm³/mol. The summed E-state index contributed by atoms with van der Waals surface area (Å²) in [5.74, 6) is 0.928. The number of nitrogens with zero attached hydrogens (tertiary/aromatic N) is 4. The van der Waals surface area contributed by atoms with E-state index in [1.165, 1.54) is 11.8 Å². The van der Waals surface area contributed by atoms with Crippen molar-refractivity contribution in [1.29, 1.82) is 0 Å². The number of amides is 1. The molecule has 1 heterocycles. The van der Waals surface area contributed by atoms with Gasteiger partial charge < -0.3 is 10.1 Å². The fraction of sp³-hybridized carbons (Fsp3) is 0.467. The Labute approximate surface area is 139 Å². The van der Waals surface area contributed by atoms with Crippen molar-refractivity contribution >= 4 is 23.4 Å². The van der Waals surface area contributed by atoms with Crippen LogP contribution >= 0.6 is 11.8 Å². The Bertz CT molecular complexity index is 659. The molecule has 1 unspecified atom stereocenters. The number of hydrogen-bond donors (Lipinski definition) is 1. The number of carbonyl (C=O) groups is 1. The first kappa shape index (κ1) is 17.3. The van der Waals surface area contributed by atoms with E-state index in [9.17, 15) is 4.79 Å². The minimum atomic E-state index is -0.336. The maximum absolute atomic E-state index is 12.4. The van der Waals surface area contributed by atoms with Gasteiger partial charge in [0.15, 0.2) is 0 Å². The molecular formula is C15H21N5O2S. The Morgan fingerprint density at radius 3 is 2.78 bits per heavy atom. The van der Waals surface area contributed by atoms with Gasteiger partial charge in [0.1, 0.15) is 5.75 Å². The van der Waals surface area contributed by atoms with Gasteiger partial charge in [0.25, 0.3) is 0 Å². The molecule has 0 fully saturated rings. The topological polar surface area (TPSA) is 81.9 Å². The van der Waals surface area contributed by atoms with Crippen LogP contribution in [0.25, 0.3) is 0 Å². The normalized spacial score (nSPS) is 12.2. The van der Waals surface area contributed by atoms with E-state index in [1.807, 2.05) is 19.1 Å². The lowest BCUT2D eigenvalue weighted by Crippen LogP contribution is -2.23. The highest BCUT2D eigenvalue weighted by atomic mass is 32.2. The van der Waals surface area contributed by atoms with Crippen molar-refractivity contribution in [3.8, 4) is 5.75 Å². The van der Waals surface area contributed by atoms with Crippen molar-refractivity contribution in [2.75, 3.05) is 12.4 Å². The SMILES string of the molecule is COc1ccccc1NC(=O)C(C)Sc1nnnn1CC(C)C. The van der Waals surface area contributed by atoms with Gasteiger partial charge in [-0.3, -0.25) is 4.79 Å². The van der Waals surface area contributed by atoms with Crippen molar-refractivity contribution in [3.05, 3.63) is 24.3 Å². The second kappa shape index (κ2) is 7.96. The zero-order valence-electron chi connectivity index (χ0n) is 13.7. The average Bonchev–Trinajstić information content (AvgIpc) is 2.94. The van der Waals surface area contributed by atoms with Crippen LogP contribution in [-0.2, 0) is 11.3 Å². The van der Waals surface area contributed by atoms with E-state index in [0.29, 0.717) is 22.5 Å². The van der Waals surface area contributed by atoms with E-state index in [2.05, 4.69) is 34.7 Å². The molecule has 23 heavy (non-hydrogen) atoms. The van der Waals surface area contributed by atoms with Crippen molar-refractivity contribution in [1.82, 2.24) is 20.2 Å². The maximum atomic E-state index is 12.4. The summed E-state index contributed by atoms with van der Waals surface area (Å²) in [4.78, 5) is 12.4. The smallest absolute Gasteiger partial charge is 0.237 e. The van der Waals surface area contributed by atoms with Gasteiger partial charge in [0.05, 0.1) is 18.0 Å². The minimum Gasteiger partial charge on any atom is -0.495 e. The fourth-order valence-electron chi connectivity index (χ4n) is 1.94. The number of rotatable bonds is 7. The Hall–Kier alpha value is -2.09. The molecule has 1 N–H and O–H groups in total. The number of nitrogens with one attached hydrogen (secondary N) is 1. The number of para-hydroxylation sites is 2. The molecule has 0 aliphatic carbocycles. The third kappa shape index (κ3) is 4.69. The number of hydrogen-bond acceptors (Lipinski definition) is 6. The summed E-state index contributed by atoms with van der Waals surface area (Å²) in [5, 5.41) is 14.8. The molecule has 0 spiro atoms. The number of tetrazole rings is 1. The Kier molecular flexibility index (Phi) is 5.97. The molecule has 1 aromatic heterocycles. The Morgan fingerprint density at radius 1 is 1.35 bits per heavy atom. The third-order valence-corrected chi connectivity index (χ3v) is 4.12. The lowest BCUT2D eigenvalue weighted by atomic mass is 10.2. The van der Waals surface area contributed by atoms with Crippen LogP contribution in [0.5, 0.6) is 5.75 Å². The van der Waals surface area contributed by atoms with E-state index >= 15 is 0 Å². The quantitative estimate of drug-likeness (QED) is 0.783. The summed E-state index contributed by atoms with van der Waals surface area (Å²) in [6.45, 7) is 6.72. The first-order valence-electron chi connectivity index (χ1n) is 7.38. The van der Waals surface area contributed by atoms with Gasteiger partial charge in [0.2, 0.25) is 11.1 Å². The summed E-state index contributed by atoms with van der Waals surface area (Å²) in [7, 11) is 1.57. The largest absolute Gasteiger partial charge is 0.495 e. The standard InChI is InChI=1S/C15H21N5O2S/c1-10(2)9-20-15(17-18-19-20)23-11(3)14(21)16-12-7-5-6-8-13(12)22-4/h5-8,10-11H,9H2,1-4H3,(H,16,21). The van der Waals surface area contributed by atoms with Crippen LogP contribution in [-0.4, -0.2) is 38.5 Å². The number of thioether (sulfide) groups is 1. The van der Waals surface area contributed by atoms with Gasteiger partial charge in [-0.2, -0.15) is 0 Å². The highest BCUT2D eigenvalue weighted by Crippen LogP contribution is 2.26. The van der Waals surface area contributed by atoms with Gasteiger partial charge in [-0.05, 0) is 35.4 Å². The number of aromatic nitrogens is 4. The molecule has 124 valence electrons. The van der Waals surface area contributed by atoms with Crippen molar-refractivity contribution in [2.45, 2.75) is 37.7 Å². The van der Waals surface area contributed by atoms with Crippen LogP contribution in [0.15, 0.2) is 29.4 Å². The van der Waals surface area contributed by atoms with E-state index in [4.69, 9.17) is 4.74 Å². The number of benzene rings is 1. The van der Waals surface area contributed by atoms with Gasteiger partial charge in [-0.1, -0.05) is 37.7 Å². The second-order valence-corrected chi connectivity index (χ2v) is 6.79. The summed E-state index contributed by atoms with van der Waals surface area (Å²) < 4.78 is 6.96. The number of anilines is 1. The van der Waals surface area contributed by atoms with E-state index in [1.54, 1.807) is 23.9 Å². The molecule has 1 atom stereocenters. The highest BCUT2D eigenvalue weighted by molar-refractivity contribution is 8.00. The van der Waals surface area contributed by atoms with Gasteiger partial charge >= 0.3 is 0 Å². The molecule has 0 saturated heterocycles. The third-order valence-electron chi connectivity index (χ3n) is 3.05. The van der Waals surface area contributed by atoms with Crippen LogP contribution in [0.3, 0.4) is 0 Å². The monoisotopic (exact) mass is 335 g/mol. The number of ether oxygens (including phenoxy) is 1. The lowest BCUT2D eigenvalue weighted by Gasteiger charge is -2.14. The molecule has 0 aliphatic rings. The van der Waals surface area contributed by atoms with Crippen LogP contribution in [0.1, 0.15) is 20.8 Å². The van der Waals surface area contributed by atoms with Gasteiger partial charge in [-0.15, -0.1) is 5.10 Å². The molecule has 2 aromatic rings. The molecule has 0 radical (unpaired) electrons. The average molecular weight is 335 g/mol. The van der Waals surface area contributed by atoms with E-state index < -0.39 is 0 Å². The molecule has 1 amide bonds. The summed E-state index contributed by atoms with van der Waals surface area (Å²) >= 11 is 1.33. The number of carbonyl (C=O) groups excluding carboxylic acids is 1. The van der Waals surface area contributed by atoms with Crippen LogP contribution < -0.4 is 10.1 Å².